The van der Waals surface area contributed by atoms with Gasteiger partial charge in [0.25, 0.3) is 0 Å². The Kier molecular flexibility index (Phi) is 5.94. The first-order valence-corrected chi connectivity index (χ1v) is 7.41. The van der Waals surface area contributed by atoms with Crippen LogP contribution in [0.5, 0.6) is 0 Å². The molecule has 1 aliphatic rings. The second kappa shape index (κ2) is 6.75. The van der Waals surface area contributed by atoms with E-state index in [1.54, 1.807) is 0 Å². The summed E-state index contributed by atoms with van der Waals surface area (Å²) in [5.41, 5.74) is 0.432. The van der Waals surface area contributed by atoms with Gasteiger partial charge in [0, 0.05) is 25.7 Å². The lowest BCUT2D eigenvalue weighted by Crippen LogP contribution is -2.46. The van der Waals surface area contributed by atoms with E-state index in [-0.39, 0.29) is 0 Å². The van der Waals surface area contributed by atoms with Gasteiger partial charge in [-0.15, -0.1) is 0 Å². The third-order valence-electron chi connectivity index (χ3n) is 4.14. The molecule has 0 saturated carbocycles. The predicted molar refractivity (Wildman–Crippen MR) is 76.4 cm³/mol. The average Bonchev–Trinajstić information content (AvgIpc) is 2.26. The number of piperidine rings is 1. The third-order valence-corrected chi connectivity index (χ3v) is 4.14. The molecule has 1 heterocycles. The SMILES string of the molecule is CCC(C)(CNC(C)C)CN1CCCC(C)C1. The topological polar surface area (TPSA) is 15.3 Å². The normalized spacial score (nSPS) is 26.1. The molecule has 0 aromatic heterocycles. The van der Waals surface area contributed by atoms with Crippen LogP contribution in [0.1, 0.15) is 53.9 Å². The minimum Gasteiger partial charge on any atom is -0.314 e. The summed E-state index contributed by atoms with van der Waals surface area (Å²) < 4.78 is 0. The minimum atomic E-state index is 0.432. The van der Waals surface area contributed by atoms with Crippen LogP contribution >= 0.6 is 0 Å². The van der Waals surface area contributed by atoms with Crippen LogP contribution in [0.3, 0.4) is 0 Å². The van der Waals surface area contributed by atoms with Gasteiger partial charge in [0.05, 0.1) is 0 Å². The fourth-order valence-corrected chi connectivity index (χ4v) is 2.71. The highest BCUT2D eigenvalue weighted by Gasteiger charge is 2.27. The maximum Gasteiger partial charge on any atom is 0.00475 e. The van der Waals surface area contributed by atoms with Crippen molar-refractivity contribution < 1.29 is 0 Å². The molecule has 2 heteroatoms. The first kappa shape index (κ1) is 15.0. The van der Waals surface area contributed by atoms with Gasteiger partial charge in [-0.25, -0.2) is 0 Å². The lowest BCUT2D eigenvalue weighted by Gasteiger charge is -2.39. The lowest BCUT2D eigenvalue weighted by atomic mass is 9.85. The number of nitrogens with zero attached hydrogens (tertiary/aromatic N) is 1. The maximum absolute atomic E-state index is 3.61. The molecule has 0 bridgehead atoms. The molecule has 17 heavy (non-hydrogen) atoms. The number of rotatable bonds is 6. The van der Waals surface area contributed by atoms with E-state index in [4.69, 9.17) is 0 Å². The molecule has 1 rings (SSSR count). The second-order valence-electron chi connectivity index (χ2n) is 6.68. The molecule has 0 radical (unpaired) electrons. The quantitative estimate of drug-likeness (QED) is 0.767. The molecule has 0 spiro atoms. The van der Waals surface area contributed by atoms with Crippen molar-refractivity contribution in [2.75, 3.05) is 26.2 Å². The van der Waals surface area contributed by atoms with Gasteiger partial charge in [0.1, 0.15) is 0 Å². The van der Waals surface area contributed by atoms with Gasteiger partial charge < -0.3 is 10.2 Å². The molecule has 0 aromatic rings. The van der Waals surface area contributed by atoms with Crippen LogP contribution in [0.2, 0.25) is 0 Å². The highest BCUT2D eigenvalue weighted by atomic mass is 15.1. The van der Waals surface area contributed by atoms with Crippen LogP contribution in [0.4, 0.5) is 0 Å². The Bertz CT molecular complexity index is 215. The highest BCUT2D eigenvalue weighted by Crippen LogP contribution is 2.25. The lowest BCUT2D eigenvalue weighted by molar-refractivity contribution is 0.111. The van der Waals surface area contributed by atoms with Gasteiger partial charge in [-0.05, 0) is 37.1 Å². The van der Waals surface area contributed by atoms with E-state index in [9.17, 15) is 0 Å². The van der Waals surface area contributed by atoms with Crippen molar-refractivity contribution in [2.45, 2.75) is 59.9 Å². The van der Waals surface area contributed by atoms with Gasteiger partial charge in [-0.3, -0.25) is 0 Å². The molecular formula is C15H32N2. The van der Waals surface area contributed by atoms with E-state index in [0.29, 0.717) is 11.5 Å². The summed E-state index contributed by atoms with van der Waals surface area (Å²) in [7, 11) is 0. The Balaban J connectivity index is 2.43. The number of likely N-dealkylation sites (tertiary alicyclic amines) is 1. The standard InChI is InChI=1S/C15H32N2/c1-6-15(5,11-16-13(2)3)12-17-9-7-8-14(4)10-17/h13-14,16H,6-12H2,1-5H3. The molecule has 1 saturated heterocycles. The van der Waals surface area contributed by atoms with E-state index in [0.717, 1.165) is 12.5 Å². The monoisotopic (exact) mass is 240 g/mol. The van der Waals surface area contributed by atoms with Crippen molar-refractivity contribution in [3.63, 3.8) is 0 Å². The first-order chi connectivity index (χ1) is 7.95. The summed E-state index contributed by atoms with van der Waals surface area (Å²) in [6.45, 7) is 16.6. The van der Waals surface area contributed by atoms with Crippen molar-refractivity contribution in [1.29, 1.82) is 0 Å². The summed E-state index contributed by atoms with van der Waals surface area (Å²) >= 11 is 0. The van der Waals surface area contributed by atoms with Crippen LogP contribution in [-0.2, 0) is 0 Å². The molecule has 0 amide bonds. The summed E-state index contributed by atoms with van der Waals surface area (Å²) in [5, 5.41) is 3.61. The molecule has 102 valence electrons. The van der Waals surface area contributed by atoms with E-state index < -0.39 is 0 Å². The Morgan fingerprint density at radius 2 is 2.12 bits per heavy atom. The molecule has 2 nitrogen and oxygen atoms in total. The fraction of sp³-hybridized carbons (Fsp3) is 1.00. The summed E-state index contributed by atoms with van der Waals surface area (Å²) in [6, 6.07) is 0.598. The predicted octanol–water partition coefficient (Wildman–Crippen LogP) is 3.13. The molecule has 0 aromatic carbocycles. The van der Waals surface area contributed by atoms with E-state index in [1.807, 2.05) is 0 Å². The Hall–Kier alpha value is -0.0800. The maximum atomic E-state index is 3.61. The van der Waals surface area contributed by atoms with Crippen molar-refractivity contribution in [3.05, 3.63) is 0 Å². The van der Waals surface area contributed by atoms with E-state index in [2.05, 4.69) is 44.8 Å². The van der Waals surface area contributed by atoms with Crippen LogP contribution in [0, 0.1) is 11.3 Å². The highest BCUT2D eigenvalue weighted by molar-refractivity contribution is 4.82. The molecule has 1 N–H and O–H groups in total. The van der Waals surface area contributed by atoms with Crippen molar-refractivity contribution in [2.24, 2.45) is 11.3 Å². The van der Waals surface area contributed by atoms with E-state index in [1.165, 1.54) is 38.9 Å². The van der Waals surface area contributed by atoms with Gasteiger partial charge in [-0.2, -0.15) is 0 Å². The van der Waals surface area contributed by atoms with Gasteiger partial charge >= 0.3 is 0 Å². The smallest absolute Gasteiger partial charge is 0.00475 e. The molecular weight excluding hydrogens is 208 g/mol. The number of hydrogen-bond donors (Lipinski definition) is 1. The van der Waals surface area contributed by atoms with Crippen molar-refractivity contribution in [1.82, 2.24) is 10.2 Å². The van der Waals surface area contributed by atoms with Gasteiger partial charge in [0.15, 0.2) is 0 Å². The van der Waals surface area contributed by atoms with Crippen LogP contribution in [-0.4, -0.2) is 37.1 Å². The van der Waals surface area contributed by atoms with Crippen LogP contribution < -0.4 is 5.32 Å². The Morgan fingerprint density at radius 3 is 2.65 bits per heavy atom. The number of nitrogens with one attached hydrogen (secondary N) is 1. The molecule has 1 aliphatic heterocycles. The summed E-state index contributed by atoms with van der Waals surface area (Å²) in [4.78, 5) is 2.68. The zero-order valence-electron chi connectivity index (χ0n) is 12.6. The Morgan fingerprint density at radius 1 is 1.41 bits per heavy atom. The molecule has 2 unspecified atom stereocenters. The zero-order chi connectivity index (χ0) is 12.9. The molecule has 2 atom stereocenters. The fourth-order valence-electron chi connectivity index (χ4n) is 2.71. The van der Waals surface area contributed by atoms with E-state index >= 15 is 0 Å². The number of hydrogen-bond acceptors (Lipinski definition) is 2. The third kappa shape index (κ3) is 5.39. The first-order valence-electron chi connectivity index (χ1n) is 7.41. The summed E-state index contributed by atoms with van der Waals surface area (Å²) in [6.07, 6.45) is 4.07. The zero-order valence-corrected chi connectivity index (χ0v) is 12.6. The van der Waals surface area contributed by atoms with Crippen molar-refractivity contribution >= 4 is 0 Å². The largest absolute Gasteiger partial charge is 0.314 e. The van der Waals surface area contributed by atoms with Crippen LogP contribution in [0.15, 0.2) is 0 Å². The van der Waals surface area contributed by atoms with Crippen LogP contribution in [0.25, 0.3) is 0 Å². The Labute approximate surface area is 108 Å². The van der Waals surface area contributed by atoms with Gasteiger partial charge in [-0.1, -0.05) is 34.6 Å². The van der Waals surface area contributed by atoms with Gasteiger partial charge in [0.2, 0.25) is 0 Å². The molecule has 0 aliphatic carbocycles. The average molecular weight is 240 g/mol. The van der Waals surface area contributed by atoms with Crippen molar-refractivity contribution in [3.8, 4) is 0 Å². The molecule has 1 fully saturated rings. The second-order valence-corrected chi connectivity index (χ2v) is 6.68. The summed E-state index contributed by atoms with van der Waals surface area (Å²) in [5.74, 6) is 0.892. The minimum absolute atomic E-state index is 0.432.